The largest absolute Gasteiger partial charge is 0.395 e. The number of hydrogen-bond acceptors (Lipinski definition) is 4. The summed E-state index contributed by atoms with van der Waals surface area (Å²) in [7, 11) is 0. The van der Waals surface area contributed by atoms with E-state index in [2.05, 4.69) is 52.5 Å². The number of aliphatic hydroxyl groups excluding tert-OH is 1. The van der Waals surface area contributed by atoms with Crippen LogP contribution in [0.25, 0.3) is 0 Å². The SMILES string of the molecule is Cc1ccnc(NCc2ccccc2CN2CCCC2CO)c1. The van der Waals surface area contributed by atoms with Crippen molar-refractivity contribution in [3.05, 3.63) is 59.3 Å². The summed E-state index contributed by atoms with van der Waals surface area (Å²) >= 11 is 0. The van der Waals surface area contributed by atoms with Crippen molar-refractivity contribution in [1.29, 1.82) is 0 Å². The second-order valence-corrected chi connectivity index (χ2v) is 6.29. The fraction of sp³-hybridized carbons (Fsp3) is 0.421. The number of rotatable bonds is 6. The standard InChI is InChI=1S/C19H25N3O/c1-15-8-9-20-19(11-15)21-12-16-5-2-3-6-17(16)13-22-10-4-7-18(22)14-23/h2-3,5-6,8-9,11,18,23H,4,7,10,12-14H2,1H3,(H,20,21). The van der Waals surface area contributed by atoms with Crippen LogP contribution in [0.3, 0.4) is 0 Å². The summed E-state index contributed by atoms with van der Waals surface area (Å²) in [6, 6.07) is 12.9. The summed E-state index contributed by atoms with van der Waals surface area (Å²) in [5.41, 5.74) is 3.83. The molecule has 0 saturated carbocycles. The number of aliphatic hydroxyl groups is 1. The zero-order valence-corrected chi connectivity index (χ0v) is 13.7. The molecule has 1 aromatic carbocycles. The average molecular weight is 311 g/mol. The van der Waals surface area contributed by atoms with Gasteiger partial charge in [0.2, 0.25) is 0 Å². The smallest absolute Gasteiger partial charge is 0.126 e. The predicted octanol–water partition coefficient (Wildman–Crippen LogP) is 2.96. The Balaban J connectivity index is 1.68. The second-order valence-electron chi connectivity index (χ2n) is 6.29. The number of anilines is 1. The van der Waals surface area contributed by atoms with Gasteiger partial charge in [-0.3, -0.25) is 4.90 Å². The Kier molecular flexibility index (Phi) is 5.26. The van der Waals surface area contributed by atoms with Crippen LogP contribution >= 0.6 is 0 Å². The number of nitrogens with one attached hydrogen (secondary N) is 1. The van der Waals surface area contributed by atoms with Gasteiger partial charge in [0.15, 0.2) is 0 Å². The molecule has 2 heterocycles. The van der Waals surface area contributed by atoms with Crippen LogP contribution in [-0.4, -0.2) is 34.2 Å². The van der Waals surface area contributed by atoms with E-state index in [0.29, 0.717) is 6.04 Å². The number of aryl methyl sites for hydroxylation is 1. The van der Waals surface area contributed by atoms with Crippen LogP contribution in [0, 0.1) is 6.92 Å². The quantitative estimate of drug-likeness (QED) is 0.861. The molecule has 2 aromatic rings. The van der Waals surface area contributed by atoms with Crippen molar-refractivity contribution in [3.8, 4) is 0 Å². The maximum Gasteiger partial charge on any atom is 0.126 e. The first kappa shape index (κ1) is 16.0. The molecule has 0 bridgehead atoms. The minimum atomic E-state index is 0.258. The van der Waals surface area contributed by atoms with Crippen LogP contribution in [0.1, 0.15) is 29.5 Å². The molecule has 4 heteroatoms. The summed E-state index contributed by atoms with van der Waals surface area (Å²) in [4.78, 5) is 6.75. The molecule has 1 unspecified atom stereocenters. The Morgan fingerprint density at radius 2 is 2.09 bits per heavy atom. The van der Waals surface area contributed by atoms with Crippen molar-refractivity contribution in [1.82, 2.24) is 9.88 Å². The molecule has 1 aliphatic rings. The Labute approximate surface area is 138 Å². The second kappa shape index (κ2) is 7.57. The fourth-order valence-corrected chi connectivity index (χ4v) is 3.23. The minimum absolute atomic E-state index is 0.258. The molecule has 0 aliphatic carbocycles. The zero-order chi connectivity index (χ0) is 16.1. The molecule has 0 amide bonds. The van der Waals surface area contributed by atoms with Gasteiger partial charge in [-0.15, -0.1) is 0 Å². The summed E-state index contributed by atoms with van der Waals surface area (Å²) in [5, 5.41) is 12.9. The zero-order valence-electron chi connectivity index (χ0n) is 13.7. The summed E-state index contributed by atoms with van der Waals surface area (Å²) < 4.78 is 0. The average Bonchev–Trinajstić information content (AvgIpc) is 3.01. The topological polar surface area (TPSA) is 48.4 Å². The van der Waals surface area contributed by atoms with Gasteiger partial charge < -0.3 is 10.4 Å². The van der Waals surface area contributed by atoms with Crippen LogP contribution in [0.2, 0.25) is 0 Å². The van der Waals surface area contributed by atoms with E-state index in [4.69, 9.17) is 0 Å². The van der Waals surface area contributed by atoms with Gasteiger partial charge in [0.05, 0.1) is 6.61 Å². The fourth-order valence-electron chi connectivity index (χ4n) is 3.23. The number of pyridine rings is 1. The Morgan fingerprint density at radius 3 is 2.87 bits per heavy atom. The van der Waals surface area contributed by atoms with E-state index in [1.165, 1.54) is 23.1 Å². The van der Waals surface area contributed by atoms with Gasteiger partial charge in [-0.1, -0.05) is 24.3 Å². The van der Waals surface area contributed by atoms with Gasteiger partial charge in [0.1, 0.15) is 5.82 Å². The molecule has 0 radical (unpaired) electrons. The van der Waals surface area contributed by atoms with Crippen LogP contribution in [0.4, 0.5) is 5.82 Å². The number of likely N-dealkylation sites (tertiary alicyclic amines) is 1. The van der Waals surface area contributed by atoms with E-state index < -0.39 is 0 Å². The van der Waals surface area contributed by atoms with Crippen molar-refractivity contribution < 1.29 is 5.11 Å². The molecule has 1 aliphatic heterocycles. The first-order chi connectivity index (χ1) is 11.3. The molecule has 1 fully saturated rings. The van der Waals surface area contributed by atoms with E-state index in [1.807, 2.05) is 12.3 Å². The number of nitrogens with zero attached hydrogens (tertiary/aromatic N) is 2. The van der Waals surface area contributed by atoms with Gasteiger partial charge in [0, 0.05) is 25.3 Å². The number of benzene rings is 1. The summed E-state index contributed by atoms with van der Waals surface area (Å²) in [5.74, 6) is 0.911. The third kappa shape index (κ3) is 4.09. The summed E-state index contributed by atoms with van der Waals surface area (Å²) in [6.45, 7) is 5.08. The lowest BCUT2D eigenvalue weighted by atomic mass is 10.1. The van der Waals surface area contributed by atoms with Gasteiger partial charge in [-0.2, -0.15) is 0 Å². The lowest BCUT2D eigenvalue weighted by molar-refractivity contribution is 0.153. The van der Waals surface area contributed by atoms with Crippen molar-refractivity contribution in [2.75, 3.05) is 18.5 Å². The minimum Gasteiger partial charge on any atom is -0.395 e. The highest BCUT2D eigenvalue weighted by Gasteiger charge is 2.24. The lowest BCUT2D eigenvalue weighted by Crippen LogP contribution is -2.32. The lowest BCUT2D eigenvalue weighted by Gasteiger charge is -2.24. The van der Waals surface area contributed by atoms with E-state index in [0.717, 1.165) is 31.9 Å². The van der Waals surface area contributed by atoms with Crippen molar-refractivity contribution >= 4 is 5.82 Å². The summed E-state index contributed by atoms with van der Waals surface area (Å²) in [6.07, 6.45) is 4.11. The molecule has 2 N–H and O–H groups in total. The van der Waals surface area contributed by atoms with Gasteiger partial charge >= 0.3 is 0 Å². The van der Waals surface area contributed by atoms with Crippen molar-refractivity contribution in [2.24, 2.45) is 0 Å². The first-order valence-corrected chi connectivity index (χ1v) is 8.34. The molecule has 1 aromatic heterocycles. The molecule has 122 valence electrons. The first-order valence-electron chi connectivity index (χ1n) is 8.34. The molecule has 1 saturated heterocycles. The van der Waals surface area contributed by atoms with E-state index in [9.17, 15) is 5.11 Å². The third-order valence-corrected chi connectivity index (χ3v) is 4.58. The molecule has 23 heavy (non-hydrogen) atoms. The van der Waals surface area contributed by atoms with Gasteiger partial charge in [-0.05, 0) is 55.1 Å². The van der Waals surface area contributed by atoms with Crippen LogP contribution in [-0.2, 0) is 13.1 Å². The maximum absolute atomic E-state index is 9.50. The molecule has 1 atom stereocenters. The Morgan fingerprint density at radius 1 is 1.26 bits per heavy atom. The molecule has 0 spiro atoms. The van der Waals surface area contributed by atoms with Gasteiger partial charge in [-0.25, -0.2) is 4.98 Å². The van der Waals surface area contributed by atoms with Crippen LogP contribution < -0.4 is 5.32 Å². The number of hydrogen-bond donors (Lipinski definition) is 2. The molecule has 3 rings (SSSR count). The van der Waals surface area contributed by atoms with E-state index in [-0.39, 0.29) is 6.61 Å². The van der Waals surface area contributed by atoms with Crippen LogP contribution in [0.5, 0.6) is 0 Å². The maximum atomic E-state index is 9.50. The third-order valence-electron chi connectivity index (χ3n) is 4.58. The normalized spacial score (nSPS) is 18.3. The molecular formula is C19H25N3O. The Bertz CT molecular complexity index is 644. The monoisotopic (exact) mass is 311 g/mol. The number of aromatic nitrogens is 1. The van der Waals surface area contributed by atoms with Crippen molar-refractivity contribution in [2.45, 2.75) is 38.9 Å². The van der Waals surface area contributed by atoms with Gasteiger partial charge in [0.25, 0.3) is 0 Å². The van der Waals surface area contributed by atoms with E-state index >= 15 is 0 Å². The highest BCUT2D eigenvalue weighted by molar-refractivity contribution is 5.39. The highest BCUT2D eigenvalue weighted by atomic mass is 16.3. The highest BCUT2D eigenvalue weighted by Crippen LogP contribution is 2.21. The Hall–Kier alpha value is -1.91. The van der Waals surface area contributed by atoms with E-state index in [1.54, 1.807) is 0 Å². The molecular weight excluding hydrogens is 286 g/mol. The van der Waals surface area contributed by atoms with Crippen LogP contribution in [0.15, 0.2) is 42.6 Å². The van der Waals surface area contributed by atoms with Crippen molar-refractivity contribution in [3.63, 3.8) is 0 Å². The predicted molar refractivity (Wildman–Crippen MR) is 93.3 cm³/mol. The molecule has 4 nitrogen and oxygen atoms in total.